The zero-order chi connectivity index (χ0) is 13.1. The first-order valence-corrected chi connectivity index (χ1v) is 5.56. The average Bonchev–Trinajstić information content (AvgIpc) is 2.79. The zero-order valence-corrected chi connectivity index (χ0v) is 10.4. The highest BCUT2D eigenvalue weighted by atomic mass is 35.5. The van der Waals surface area contributed by atoms with E-state index in [4.69, 9.17) is 32.7 Å². The Morgan fingerprint density at radius 3 is 2.83 bits per heavy atom. The van der Waals surface area contributed by atoms with Gasteiger partial charge in [0.2, 0.25) is 5.76 Å². The van der Waals surface area contributed by atoms with Crippen LogP contribution < -0.4 is 5.32 Å². The first-order valence-electron chi connectivity index (χ1n) is 4.81. The molecule has 2 rings (SSSR count). The summed E-state index contributed by atoms with van der Waals surface area (Å²) in [5.74, 6) is -0.784. The van der Waals surface area contributed by atoms with Crippen LogP contribution in [0.4, 0.5) is 5.69 Å². The number of carboxylic acids is 1. The lowest BCUT2D eigenvalue weighted by molar-refractivity contribution is 0.0660. The van der Waals surface area contributed by atoms with Crippen molar-refractivity contribution in [3.05, 3.63) is 40.0 Å². The van der Waals surface area contributed by atoms with Gasteiger partial charge >= 0.3 is 5.97 Å². The molecule has 0 aliphatic heterocycles. The second-order valence-corrected chi connectivity index (χ2v) is 4.04. The summed E-state index contributed by atoms with van der Waals surface area (Å²) in [4.78, 5) is 10.6. The second kappa shape index (κ2) is 5.24. The van der Waals surface area contributed by atoms with Crippen LogP contribution in [0.5, 0.6) is 0 Å². The molecule has 0 saturated carbocycles. The molecule has 0 aliphatic rings. The molecule has 2 aromatic rings. The molecule has 0 aliphatic carbocycles. The highest BCUT2D eigenvalue weighted by Crippen LogP contribution is 2.21. The van der Waals surface area contributed by atoms with Crippen molar-refractivity contribution in [2.24, 2.45) is 0 Å². The third-order valence-corrected chi connectivity index (χ3v) is 2.51. The van der Waals surface area contributed by atoms with Crippen molar-refractivity contribution in [1.82, 2.24) is 10.2 Å². The van der Waals surface area contributed by atoms with E-state index in [-0.39, 0.29) is 22.6 Å². The van der Waals surface area contributed by atoms with Gasteiger partial charge in [0.1, 0.15) is 5.76 Å². The first kappa shape index (κ1) is 12.7. The second-order valence-electron chi connectivity index (χ2n) is 3.30. The minimum atomic E-state index is -1.12. The molecular weight excluding hydrogens is 281 g/mol. The fourth-order valence-corrected chi connectivity index (χ4v) is 1.55. The highest BCUT2D eigenvalue weighted by Gasteiger charge is 2.09. The first-order chi connectivity index (χ1) is 8.56. The van der Waals surface area contributed by atoms with Crippen molar-refractivity contribution in [3.63, 3.8) is 0 Å². The lowest BCUT2D eigenvalue weighted by Crippen LogP contribution is -2.01. The number of halogens is 2. The molecule has 0 aromatic carbocycles. The standard InChI is InChI=1S/C10H7Cl2N3O3/c11-8-3-6(9(12)15-14-8)13-4-5-1-2-7(18-5)10(16)17/h1-3H,4H2,(H,13,14)(H,16,17). The summed E-state index contributed by atoms with van der Waals surface area (Å²) in [5.41, 5.74) is 0.491. The third-order valence-electron chi connectivity index (χ3n) is 2.04. The van der Waals surface area contributed by atoms with E-state index in [0.717, 1.165) is 0 Å². The van der Waals surface area contributed by atoms with Gasteiger partial charge in [0.25, 0.3) is 0 Å². The monoisotopic (exact) mass is 287 g/mol. The van der Waals surface area contributed by atoms with E-state index in [1.165, 1.54) is 12.1 Å². The Hall–Kier alpha value is -1.79. The van der Waals surface area contributed by atoms with Gasteiger partial charge in [-0.05, 0) is 12.1 Å². The topological polar surface area (TPSA) is 88.2 Å². The quantitative estimate of drug-likeness (QED) is 0.899. The number of hydrogen-bond acceptors (Lipinski definition) is 5. The van der Waals surface area contributed by atoms with Crippen molar-refractivity contribution in [1.29, 1.82) is 0 Å². The van der Waals surface area contributed by atoms with Crippen LogP contribution >= 0.6 is 23.2 Å². The minimum Gasteiger partial charge on any atom is -0.475 e. The van der Waals surface area contributed by atoms with Crippen molar-refractivity contribution in [3.8, 4) is 0 Å². The van der Waals surface area contributed by atoms with E-state index in [9.17, 15) is 4.79 Å². The maximum Gasteiger partial charge on any atom is 0.371 e. The van der Waals surface area contributed by atoms with Gasteiger partial charge in [-0.1, -0.05) is 23.2 Å². The molecule has 0 atom stereocenters. The molecule has 0 spiro atoms. The molecule has 0 saturated heterocycles. The Morgan fingerprint density at radius 1 is 1.39 bits per heavy atom. The van der Waals surface area contributed by atoms with Crippen LogP contribution in [0.25, 0.3) is 0 Å². The summed E-state index contributed by atoms with van der Waals surface area (Å²) in [6.07, 6.45) is 0. The molecule has 18 heavy (non-hydrogen) atoms. The van der Waals surface area contributed by atoms with Gasteiger partial charge < -0.3 is 14.8 Å². The van der Waals surface area contributed by atoms with Crippen molar-refractivity contribution >= 4 is 34.9 Å². The molecular formula is C10H7Cl2N3O3. The molecule has 6 nitrogen and oxygen atoms in total. The number of carboxylic acid groups (broad SMARTS) is 1. The van der Waals surface area contributed by atoms with Crippen LogP contribution in [0.1, 0.15) is 16.3 Å². The van der Waals surface area contributed by atoms with Crippen LogP contribution in [-0.2, 0) is 6.54 Å². The van der Waals surface area contributed by atoms with E-state index in [2.05, 4.69) is 15.5 Å². The third kappa shape index (κ3) is 2.91. The van der Waals surface area contributed by atoms with E-state index in [1.807, 2.05) is 0 Å². The predicted molar refractivity (Wildman–Crippen MR) is 65.0 cm³/mol. The molecule has 2 aromatic heterocycles. The molecule has 0 radical (unpaired) electrons. The van der Waals surface area contributed by atoms with E-state index in [0.29, 0.717) is 11.4 Å². The molecule has 2 heterocycles. The van der Waals surface area contributed by atoms with Crippen molar-refractivity contribution < 1.29 is 14.3 Å². The predicted octanol–water partition coefficient (Wildman–Crippen LogP) is 2.69. The lowest BCUT2D eigenvalue weighted by atomic mass is 10.4. The van der Waals surface area contributed by atoms with Gasteiger partial charge in [0.15, 0.2) is 10.3 Å². The van der Waals surface area contributed by atoms with E-state index in [1.54, 1.807) is 6.07 Å². The molecule has 2 N–H and O–H groups in total. The molecule has 0 fully saturated rings. The Balaban J connectivity index is 2.06. The van der Waals surface area contributed by atoms with Gasteiger partial charge in [0, 0.05) is 6.07 Å². The number of hydrogen-bond donors (Lipinski definition) is 2. The summed E-state index contributed by atoms with van der Waals surface area (Å²) in [5, 5.41) is 19.2. The van der Waals surface area contributed by atoms with Crippen molar-refractivity contribution in [2.45, 2.75) is 6.54 Å². The summed E-state index contributed by atoms with van der Waals surface area (Å²) < 4.78 is 5.06. The Morgan fingerprint density at radius 2 is 2.17 bits per heavy atom. The van der Waals surface area contributed by atoms with Gasteiger partial charge in [-0.15, -0.1) is 10.2 Å². The summed E-state index contributed by atoms with van der Waals surface area (Å²) in [6.45, 7) is 0.259. The van der Waals surface area contributed by atoms with Gasteiger partial charge in [-0.25, -0.2) is 4.79 Å². The summed E-state index contributed by atoms with van der Waals surface area (Å²) >= 11 is 11.5. The number of carbonyl (C=O) groups is 1. The van der Waals surface area contributed by atoms with Gasteiger partial charge in [-0.3, -0.25) is 0 Å². The Kier molecular flexibility index (Phi) is 3.69. The van der Waals surface area contributed by atoms with Crippen LogP contribution in [-0.4, -0.2) is 21.3 Å². The smallest absolute Gasteiger partial charge is 0.371 e. The average molecular weight is 288 g/mol. The lowest BCUT2D eigenvalue weighted by Gasteiger charge is -2.05. The fourth-order valence-electron chi connectivity index (χ4n) is 1.25. The molecule has 8 heteroatoms. The van der Waals surface area contributed by atoms with E-state index >= 15 is 0 Å². The SMILES string of the molecule is O=C(O)c1ccc(CNc2cc(Cl)nnc2Cl)o1. The number of aromatic carboxylic acids is 1. The normalized spacial score (nSPS) is 10.3. The number of furan rings is 1. The molecule has 0 amide bonds. The van der Waals surface area contributed by atoms with Crippen LogP contribution in [0.3, 0.4) is 0 Å². The number of nitrogens with one attached hydrogen (secondary N) is 1. The van der Waals surface area contributed by atoms with Crippen LogP contribution in [0.15, 0.2) is 22.6 Å². The Labute approximate surface area is 112 Å². The zero-order valence-electron chi connectivity index (χ0n) is 8.85. The minimum absolute atomic E-state index is 0.121. The Bertz CT molecular complexity index is 585. The number of nitrogens with zero attached hydrogens (tertiary/aromatic N) is 2. The van der Waals surface area contributed by atoms with Crippen LogP contribution in [0, 0.1) is 0 Å². The van der Waals surface area contributed by atoms with Crippen LogP contribution in [0.2, 0.25) is 10.3 Å². The molecule has 0 unspecified atom stereocenters. The summed E-state index contributed by atoms with van der Waals surface area (Å²) in [7, 11) is 0. The number of anilines is 1. The number of aromatic nitrogens is 2. The van der Waals surface area contributed by atoms with E-state index < -0.39 is 5.97 Å². The molecule has 94 valence electrons. The van der Waals surface area contributed by atoms with Crippen molar-refractivity contribution in [2.75, 3.05) is 5.32 Å². The van der Waals surface area contributed by atoms with Gasteiger partial charge in [0.05, 0.1) is 12.2 Å². The fraction of sp³-hybridized carbons (Fsp3) is 0.100. The van der Waals surface area contributed by atoms with Gasteiger partial charge in [-0.2, -0.15) is 0 Å². The largest absolute Gasteiger partial charge is 0.475 e. The summed E-state index contributed by atoms with van der Waals surface area (Å²) in [6, 6.07) is 4.44. The molecule has 0 bridgehead atoms. The maximum absolute atomic E-state index is 10.6. The maximum atomic E-state index is 10.6. The number of rotatable bonds is 4. The highest BCUT2D eigenvalue weighted by molar-refractivity contribution is 6.33.